The van der Waals surface area contributed by atoms with Crippen molar-refractivity contribution in [3.05, 3.63) is 23.5 Å². The number of unbranched alkanes of at least 4 members (excludes halogenated alkanes) is 4. The summed E-state index contributed by atoms with van der Waals surface area (Å²) in [6.07, 6.45) is 1.40. The highest BCUT2D eigenvalue weighted by Crippen LogP contribution is 2.65. The summed E-state index contributed by atoms with van der Waals surface area (Å²) < 4.78 is 35.5. The van der Waals surface area contributed by atoms with Crippen molar-refractivity contribution < 1.29 is 57.5 Å². The Hall–Kier alpha value is -3.25. The maximum atomic E-state index is 13.3. The quantitative estimate of drug-likeness (QED) is 0.119. The van der Waals surface area contributed by atoms with Crippen LogP contribution in [0, 0.1) is 17.3 Å². The Morgan fingerprint density at radius 1 is 0.978 bits per heavy atom. The van der Waals surface area contributed by atoms with Gasteiger partial charge in [-0.15, -0.1) is 0 Å². The summed E-state index contributed by atoms with van der Waals surface area (Å²) in [6.45, 7) is 12.4. The number of fused-ring (bicyclic) bond motifs is 1. The van der Waals surface area contributed by atoms with Gasteiger partial charge in [-0.25, -0.2) is 4.79 Å². The molecule has 10 atom stereocenters. The molecular weight excluding hydrogens is 600 g/mol. The van der Waals surface area contributed by atoms with Crippen LogP contribution < -0.4 is 0 Å². The molecule has 0 bridgehead atoms. The Bertz CT molecular complexity index is 1300. The molecular formula is C34H48O12. The summed E-state index contributed by atoms with van der Waals surface area (Å²) in [5, 5.41) is 12.5. The summed E-state index contributed by atoms with van der Waals surface area (Å²) in [7, 11) is 0. The molecule has 1 spiro atoms. The van der Waals surface area contributed by atoms with Gasteiger partial charge in [0, 0.05) is 33.1 Å². The zero-order chi connectivity index (χ0) is 34.2. The first kappa shape index (κ1) is 35.6. The minimum Gasteiger partial charge on any atom is -0.459 e. The van der Waals surface area contributed by atoms with Crippen molar-refractivity contribution in [3.63, 3.8) is 0 Å². The topological polar surface area (TPSA) is 164 Å². The van der Waals surface area contributed by atoms with Gasteiger partial charge >= 0.3 is 29.8 Å². The van der Waals surface area contributed by atoms with Gasteiger partial charge in [0.1, 0.15) is 18.0 Å². The van der Waals surface area contributed by atoms with Crippen molar-refractivity contribution in [2.75, 3.05) is 0 Å². The van der Waals surface area contributed by atoms with E-state index in [2.05, 4.69) is 6.92 Å². The number of ether oxygens (including phenoxy) is 6. The van der Waals surface area contributed by atoms with E-state index in [9.17, 15) is 29.1 Å². The molecule has 0 aromatic carbocycles. The van der Waals surface area contributed by atoms with Gasteiger partial charge in [-0.2, -0.15) is 0 Å². The fourth-order valence-electron chi connectivity index (χ4n) is 7.74. The Morgan fingerprint density at radius 3 is 2.22 bits per heavy atom. The smallest absolute Gasteiger partial charge is 0.342 e. The number of aliphatic hydroxyl groups is 1. The van der Waals surface area contributed by atoms with Crippen molar-refractivity contribution in [2.24, 2.45) is 17.3 Å². The number of hydrogen-bond acceptors (Lipinski definition) is 12. The number of rotatable bonds is 10. The zero-order valence-electron chi connectivity index (χ0n) is 28.1. The number of hydrogen-bond donors (Lipinski definition) is 1. The molecule has 12 heteroatoms. The lowest BCUT2D eigenvalue weighted by molar-refractivity contribution is -0.202. The van der Waals surface area contributed by atoms with Gasteiger partial charge in [0.15, 0.2) is 29.5 Å². The fraction of sp³-hybridized carbons (Fsp3) is 0.735. The first-order valence-corrected chi connectivity index (χ1v) is 16.2. The largest absolute Gasteiger partial charge is 0.459 e. The van der Waals surface area contributed by atoms with Crippen LogP contribution in [-0.4, -0.2) is 76.7 Å². The van der Waals surface area contributed by atoms with E-state index in [1.165, 1.54) is 20.8 Å². The van der Waals surface area contributed by atoms with Crippen LogP contribution in [0.15, 0.2) is 23.5 Å². The predicted molar refractivity (Wildman–Crippen MR) is 161 cm³/mol. The number of aliphatic hydroxyl groups excluding tert-OH is 1. The third kappa shape index (κ3) is 6.22. The molecule has 4 aliphatic rings. The highest BCUT2D eigenvalue weighted by molar-refractivity contribution is 5.89. The van der Waals surface area contributed by atoms with Gasteiger partial charge in [-0.3, -0.25) is 19.2 Å². The van der Waals surface area contributed by atoms with Gasteiger partial charge in [0.25, 0.3) is 0 Å². The average Bonchev–Trinajstić information content (AvgIpc) is 3.55. The van der Waals surface area contributed by atoms with Crippen LogP contribution in [0.3, 0.4) is 0 Å². The molecule has 0 radical (unpaired) electrons. The normalized spacial score (nSPS) is 39.2. The summed E-state index contributed by atoms with van der Waals surface area (Å²) in [5.74, 6) is -4.47. The fourth-order valence-corrected chi connectivity index (χ4v) is 7.74. The molecule has 2 heterocycles. The van der Waals surface area contributed by atoms with Crippen molar-refractivity contribution in [1.82, 2.24) is 0 Å². The molecule has 2 unspecified atom stereocenters. The van der Waals surface area contributed by atoms with E-state index >= 15 is 0 Å². The van der Waals surface area contributed by atoms with Crippen LogP contribution in [0.4, 0.5) is 0 Å². The van der Waals surface area contributed by atoms with Crippen LogP contribution in [0.2, 0.25) is 0 Å². The molecule has 0 saturated carbocycles. The highest BCUT2D eigenvalue weighted by Gasteiger charge is 2.87. The first-order chi connectivity index (χ1) is 21.5. The third-order valence-electron chi connectivity index (χ3n) is 10.1. The Kier molecular flexibility index (Phi) is 10.4. The van der Waals surface area contributed by atoms with E-state index in [4.69, 9.17) is 28.4 Å². The Morgan fingerprint density at radius 2 is 1.63 bits per heavy atom. The van der Waals surface area contributed by atoms with Gasteiger partial charge in [0.05, 0.1) is 5.41 Å². The van der Waals surface area contributed by atoms with Crippen molar-refractivity contribution >= 4 is 29.8 Å². The molecule has 256 valence electrons. The van der Waals surface area contributed by atoms with Gasteiger partial charge in [-0.05, 0) is 57.3 Å². The highest BCUT2D eigenvalue weighted by atomic mass is 16.7. The zero-order valence-corrected chi connectivity index (χ0v) is 28.1. The molecule has 2 fully saturated rings. The molecule has 2 aliphatic heterocycles. The molecule has 46 heavy (non-hydrogen) atoms. The van der Waals surface area contributed by atoms with Crippen LogP contribution >= 0.6 is 0 Å². The van der Waals surface area contributed by atoms with Crippen molar-refractivity contribution in [1.29, 1.82) is 0 Å². The second-order valence-corrected chi connectivity index (χ2v) is 13.5. The first-order valence-electron chi connectivity index (χ1n) is 16.2. The second kappa shape index (κ2) is 13.5. The minimum absolute atomic E-state index is 0.0636. The van der Waals surface area contributed by atoms with E-state index in [1.54, 1.807) is 32.9 Å². The molecule has 0 aromatic heterocycles. The molecule has 2 aliphatic carbocycles. The number of allylic oxidation sites excluding steroid dienone is 1. The molecule has 0 amide bonds. The summed E-state index contributed by atoms with van der Waals surface area (Å²) >= 11 is 0. The predicted octanol–water partition coefficient (Wildman–Crippen LogP) is 4.01. The Labute approximate surface area is 270 Å². The lowest BCUT2D eigenvalue weighted by atomic mass is 9.56. The van der Waals surface area contributed by atoms with Gasteiger partial charge in [-0.1, -0.05) is 39.5 Å². The van der Waals surface area contributed by atoms with E-state index in [1.807, 2.05) is 6.92 Å². The molecule has 12 nitrogen and oxygen atoms in total. The van der Waals surface area contributed by atoms with E-state index < -0.39 is 82.9 Å². The summed E-state index contributed by atoms with van der Waals surface area (Å²) in [5.41, 5.74) is -4.31. The monoisotopic (exact) mass is 648 g/mol. The van der Waals surface area contributed by atoms with E-state index in [0.29, 0.717) is 18.4 Å². The second-order valence-electron chi connectivity index (χ2n) is 13.5. The number of esters is 5. The number of carbonyl (C=O) groups is 5. The lowest BCUT2D eigenvalue weighted by Crippen LogP contribution is -2.63. The van der Waals surface area contributed by atoms with Gasteiger partial charge in [0.2, 0.25) is 0 Å². The van der Waals surface area contributed by atoms with Crippen LogP contribution in [0.1, 0.15) is 100 Å². The van der Waals surface area contributed by atoms with Crippen molar-refractivity contribution in [3.8, 4) is 0 Å². The van der Waals surface area contributed by atoms with E-state index in [0.717, 1.165) is 25.7 Å². The maximum Gasteiger partial charge on any atom is 0.342 e. The SMILES string of the molecule is CCCCCCCC(=O)O[C@H]1/C(C)=C\[C@@H]2OC(=O)C3(C)O[C@]23[C@H](OC(C)=O)[C@H]2C(C)CC=C(OC(C)=O)[C@]2(C)[C@@H](O)[C@@H]1OC(C)=O. The molecule has 0 aromatic rings. The maximum absolute atomic E-state index is 13.3. The van der Waals surface area contributed by atoms with Crippen LogP contribution in [0.5, 0.6) is 0 Å². The minimum atomic E-state index is -1.67. The number of carbonyl (C=O) groups excluding carboxylic acids is 5. The van der Waals surface area contributed by atoms with Crippen molar-refractivity contribution in [2.45, 2.75) is 142 Å². The Balaban J connectivity index is 1.92. The van der Waals surface area contributed by atoms with E-state index in [-0.39, 0.29) is 18.1 Å². The summed E-state index contributed by atoms with van der Waals surface area (Å²) in [4.78, 5) is 64.3. The summed E-state index contributed by atoms with van der Waals surface area (Å²) in [6, 6.07) is 0. The standard InChI is InChI=1S/C34H48O12/c1-9-10-11-12-13-14-25(38)45-27-19(3)17-24-34(33(8,46-34)31(40)44-24)30(43-22(6)37)26-18(2)15-16-23(41-20(4)35)32(26,7)29(39)28(27)42-21(5)36/h16-18,24,26-30,39H,9-15H2,1-8H3/b19-17-/t18?,24-,26+,27-,28+,29-,30+,32-,33?,34-/m0/s1. The molecule has 1 N–H and O–H groups in total. The van der Waals surface area contributed by atoms with Crippen LogP contribution in [-0.2, 0) is 52.4 Å². The third-order valence-corrected chi connectivity index (χ3v) is 10.1. The van der Waals surface area contributed by atoms with Gasteiger partial charge < -0.3 is 33.5 Å². The lowest BCUT2D eigenvalue weighted by Gasteiger charge is -2.52. The van der Waals surface area contributed by atoms with Crippen LogP contribution in [0.25, 0.3) is 0 Å². The molecule has 4 rings (SSSR count). The number of epoxide rings is 1. The molecule has 2 saturated heterocycles. The average molecular weight is 649 g/mol.